The van der Waals surface area contributed by atoms with E-state index in [1.807, 2.05) is 31.2 Å². The average molecular weight is 489 g/mol. The van der Waals surface area contributed by atoms with Crippen molar-refractivity contribution >= 4 is 17.7 Å². The van der Waals surface area contributed by atoms with E-state index in [-0.39, 0.29) is 30.9 Å². The van der Waals surface area contributed by atoms with Crippen molar-refractivity contribution in [2.75, 3.05) is 72.7 Å². The highest BCUT2D eigenvalue weighted by Crippen LogP contribution is 2.58. The molecule has 1 N–H and O–H groups in total. The van der Waals surface area contributed by atoms with Crippen molar-refractivity contribution in [1.82, 2.24) is 19.6 Å². The van der Waals surface area contributed by atoms with Crippen LogP contribution in [0.3, 0.4) is 0 Å². The lowest BCUT2D eigenvalue weighted by Gasteiger charge is -2.38. The molecule has 0 aromatic rings. The fourth-order valence-corrected chi connectivity index (χ4v) is 6.56. The van der Waals surface area contributed by atoms with Crippen molar-refractivity contribution in [3.63, 3.8) is 0 Å². The van der Waals surface area contributed by atoms with Crippen LogP contribution in [0.25, 0.3) is 0 Å². The number of fused-ring (bicyclic) bond motifs is 2. The zero-order valence-corrected chi connectivity index (χ0v) is 20.6. The van der Waals surface area contributed by atoms with Crippen LogP contribution in [0.5, 0.6) is 0 Å². The first-order valence-corrected chi connectivity index (χ1v) is 12.7. The van der Waals surface area contributed by atoms with Gasteiger partial charge in [0.1, 0.15) is 11.6 Å². The molecule has 5 rings (SSSR count). The maximum absolute atomic E-state index is 14.1. The van der Waals surface area contributed by atoms with Gasteiger partial charge in [0.15, 0.2) is 0 Å². The number of rotatable bonds is 6. The van der Waals surface area contributed by atoms with E-state index >= 15 is 0 Å². The Balaban J connectivity index is 1.52. The van der Waals surface area contributed by atoms with Gasteiger partial charge in [0, 0.05) is 52.9 Å². The van der Waals surface area contributed by atoms with Gasteiger partial charge in [0.2, 0.25) is 17.7 Å². The Labute approximate surface area is 206 Å². The van der Waals surface area contributed by atoms with Crippen LogP contribution in [0.2, 0.25) is 0 Å². The highest BCUT2D eigenvalue weighted by atomic mass is 16.5. The predicted octanol–water partition coefficient (Wildman–Crippen LogP) is -0.901. The minimum Gasteiger partial charge on any atom is -0.395 e. The minimum absolute atomic E-state index is 0.0215. The summed E-state index contributed by atoms with van der Waals surface area (Å²) in [6.45, 7) is 6.82. The summed E-state index contributed by atoms with van der Waals surface area (Å²) in [5.74, 6) is -2.19. The molecule has 5 aliphatic rings. The number of amides is 3. The van der Waals surface area contributed by atoms with E-state index in [0.717, 1.165) is 13.1 Å². The smallest absolute Gasteiger partial charge is 0.249 e. The van der Waals surface area contributed by atoms with E-state index in [9.17, 15) is 19.5 Å². The first kappa shape index (κ1) is 24.4. The van der Waals surface area contributed by atoms with Crippen LogP contribution in [0.15, 0.2) is 24.3 Å². The minimum atomic E-state index is -1.25. The summed E-state index contributed by atoms with van der Waals surface area (Å²) in [5.41, 5.74) is -2.21. The molecule has 0 aromatic carbocycles. The van der Waals surface area contributed by atoms with Gasteiger partial charge < -0.3 is 29.3 Å². The third-order valence-electron chi connectivity index (χ3n) is 8.36. The van der Waals surface area contributed by atoms with Gasteiger partial charge in [0.25, 0.3) is 0 Å². The van der Waals surface area contributed by atoms with E-state index in [4.69, 9.17) is 9.47 Å². The molecular weight excluding hydrogens is 452 g/mol. The summed E-state index contributed by atoms with van der Waals surface area (Å²) in [7, 11) is 1.73. The highest BCUT2D eigenvalue weighted by molar-refractivity contribution is 6.00. The Morgan fingerprint density at radius 3 is 2.43 bits per heavy atom. The molecule has 5 aliphatic heterocycles. The summed E-state index contributed by atoms with van der Waals surface area (Å²) in [4.78, 5) is 48.6. The number of nitrogens with zero attached hydrogens (tertiary/aromatic N) is 4. The summed E-state index contributed by atoms with van der Waals surface area (Å²) < 4.78 is 12.2. The summed E-state index contributed by atoms with van der Waals surface area (Å²) in [6.07, 6.45) is 8.12. The molecule has 3 fully saturated rings. The van der Waals surface area contributed by atoms with E-state index in [2.05, 4.69) is 4.90 Å². The van der Waals surface area contributed by atoms with Gasteiger partial charge in [0.05, 0.1) is 37.3 Å². The lowest BCUT2D eigenvalue weighted by molar-refractivity contribution is -0.154. The summed E-state index contributed by atoms with van der Waals surface area (Å²) in [6, 6.07) is -0.919. The molecule has 0 aliphatic carbocycles. The van der Waals surface area contributed by atoms with Gasteiger partial charge in [-0.3, -0.25) is 19.3 Å². The lowest BCUT2D eigenvalue weighted by atomic mass is 9.73. The number of morpholine rings is 1. The van der Waals surface area contributed by atoms with E-state index in [0.29, 0.717) is 45.8 Å². The first-order chi connectivity index (χ1) is 16.9. The van der Waals surface area contributed by atoms with Crippen LogP contribution < -0.4 is 0 Å². The number of ether oxygens (including phenoxy) is 2. The molecular formula is C25H36N4O6. The topological polar surface area (TPSA) is 103 Å². The van der Waals surface area contributed by atoms with Gasteiger partial charge in [-0.25, -0.2) is 0 Å². The Morgan fingerprint density at radius 2 is 1.71 bits per heavy atom. The number of likely N-dealkylation sites (tertiary alicyclic amines) is 1. The molecule has 0 radical (unpaired) electrons. The number of hydrogen-bond donors (Lipinski definition) is 1. The quantitative estimate of drug-likeness (QED) is 0.484. The Morgan fingerprint density at radius 1 is 0.971 bits per heavy atom. The Bertz CT molecular complexity index is 933. The summed E-state index contributed by atoms with van der Waals surface area (Å²) >= 11 is 0. The van der Waals surface area contributed by atoms with Crippen molar-refractivity contribution in [2.24, 2.45) is 11.8 Å². The monoisotopic (exact) mass is 488 g/mol. The molecule has 0 aromatic heterocycles. The van der Waals surface area contributed by atoms with Gasteiger partial charge in [-0.05, 0) is 6.42 Å². The maximum atomic E-state index is 14.1. The molecule has 1 unspecified atom stereocenters. The highest BCUT2D eigenvalue weighted by Gasteiger charge is 2.75. The van der Waals surface area contributed by atoms with Gasteiger partial charge in [-0.15, -0.1) is 0 Å². The SMILES string of the molecule is CC[C@]12C=CCN(C)C(=O)[C@H]1[C@H]1C(=O)N(CCO)C3C(=O)N(CCN4CCOCC4)CC=C[C@@]31O2. The molecule has 1 spiro atoms. The second-order valence-electron chi connectivity index (χ2n) is 10.1. The molecule has 5 heterocycles. The van der Waals surface area contributed by atoms with Crippen molar-refractivity contribution in [1.29, 1.82) is 0 Å². The van der Waals surface area contributed by atoms with Crippen LogP contribution in [0.4, 0.5) is 0 Å². The van der Waals surface area contributed by atoms with Crippen LogP contribution >= 0.6 is 0 Å². The Kier molecular flexibility index (Phi) is 6.50. The fourth-order valence-electron chi connectivity index (χ4n) is 6.56. The number of hydrogen-bond acceptors (Lipinski definition) is 7. The molecule has 10 heteroatoms. The number of β-amino-alcohol motifs (C(OH)–C–C–N with tert-alkyl or cyclic N) is 1. The normalized spacial score (nSPS) is 37.4. The third-order valence-corrected chi connectivity index (χ3v) is 8.36. The van der Waals surface area contributed by atoms with Crippen LogP contribution in [0.1, 0.15) is 13.3 Å². The molecule has 10 nitrogen and oxygen atoms in total. The molecule has 0 saturated carbocycles. The zero-order chi connectivity index (χ0) is 24.8. The number of carbonyl (C=O) groups excluding carboxylic acids is 3. The van der Waals surface area contributed by atoms with Gasteiger partial charge in [-0.2, -0.15) is 0 Å². The number of aliphatic hydroxyl groups excluding tert-OH is 1. The number of carbonyl (C=O) groups is 3. The summed E-state index contributed by atoms with van der Waals surface area (Å²) in [5, 5.41) is 9.78. The second kappa shape index (κ2) is 9.31. The number of aliphatic hydroxyl groups is 1. The van der Waals surface area contributed by atoms with Gasteiger partial charge >= 0.3 is 0 Å². The number of likely N-dealkylation sites (N-methyl/N-ethyl adjacent to an activating group) is 1. The molecule has 0 bridgehead atoms. The molecule has 5 atom stereocenters. The van der Waals surface area contributed by atoms with Crippen molar-refractivity contribution in [2.45, 2.75) is 30.6 Å². The lowest BCUT2D eigenvalue weighted by Crippen LogP contribution is -2.57. The molecule has 3 amide bonds. The van der Waals surface area contributed by atoms with Crippen molar-refractivity contribution < 1.29 is 29.0 Å². The molecule has 35 heavy (non-hydrogen) atoms. The second-order valence-corrected chi connectivity index (χ2v) is 10.1. The van der Waals surface area contributed by atoms with Gasteiger partial charge in [-0.1, -0.05) is 31.2 Å². The Hall–Kier alpha value is -2.27. The fraction of sp³-hybridized carbons (Fsp3) is 0.720. The van der Waals surface area contributed by atoms with Crippen LogP contribution in [-0.2, 0) is 23.9 Å². The average Bonchev–Trinajstić information content (AvgIpc) is 3.16. The first-order valence-electron chi connectivity index (χ1n) is 12.7. The van der Waals surface area contributed by atoms with E-state index in [1.54, 1.807) is 16.8 Å². The molecule has 3 saturated heterocycles. The van der Waals surface area contributed by atoms with E-state index < -0.39 is 29.1 Å². The van der Waals surface area contributed by atoms with Crippen LogP contribution in [0, 0.1) is 11.8 Å². The molecule has 192 valence electrons. The maximum Gasteiger partial charge on any atom is 0.249 e. The van der Waals surface area contributed by atoms with Crippen LogP contribution in [-0.4, -0.2) is 132 Å². The van der Waals surface area contributed by atoms with Crippen molar-refractivity contribution in [3.8, 4) is 0 Å². The van der Waals surface area contributed by atoms with E-state index in [1.165, 1.54) is 4.90 Å². The van der Waals surface area contributed by atoms with Crippen molar-refractivity contribution in [3.05, 3.63) is 24.3 Å². The predicted molar refractivity (Wildman–Crippen MR) is 126 cm³/mol. The zero-order valence-electron chi connectivity index (χ0n) is 20.6. The third kappa shape index (κ3) is 3.73. The largest absolute Gasteiger partial charge is 0.395 e. The standard InChI is InChI=1S/C25H36N4O6/c1-3-24-6-4-8-26(2)21(31)18(24)19-22(32)29(12-15-30)20-23(33)28(9-5-7-25(19,20)35-24)11-10-27-13-16-34-17-14-27/h4-7,18-20,30H,3,8-17H2,1-2H3/t18-,19+,20?,24+,25+/m1/s1.